The van der Waals surface area contributed by atoms with E-state index < -0.39 is 29.5 Å². The molecule has 0 radical (unpaired) electrons. The second-order valence-electron chi connectivity index (χ2n) is 7.05. The van der Waals surface area contributed by atoms with E-state index in [0.29, 0.717) is 31.8 Å². The van der Waals surface area contributed by atoms with Gasteiger partial charge in [0, 0.05) is 25.8 Å². The van der Waals surface area contributed by atoms with Crippen LogP contribution in [0.1, 0.15) is 37.5 Å². The van der Waals surface area contributed by atoms with Crippen molar-refractivity contribution < 1.29 is 27.6 Å². The molecular formula is C21H28F2N4O4. The number of nitrogens with zero attached hydrogens (tertiary/aromatic N) is 1. The van der Waals surface area contributed by atoms with E-state index in [2.05, 4.69) is 21.1 Å². The molecule has 0 aliphatic heterocycles. The van der Waals surface area contributed by atoms with Gasteiger partial charge in [0.25, 0.3) is 0 Å². The van der Waals surface area contributed by atoms with Crippen molar-refractivity contribution >= 4 is 17.6 Å². The fourth-order valence-corrected chi connectivity index (χ4v) is 2.92. The van der Waals surface area contributed by atoms with Crippen molar-refractivity contribution in [2.24, 2.45) is 0 Å². The fraction of sp³-hybridized carbons (Fsp3) is 0.476. The molecule has 170 valence electrons. The Morgan fingerprint density at radius 3 is 2.61 bits per heavy atom. The lowest BCUT2D eigenvalue weighted by Crippen LogP contribution is -2.44. The van der Waals surface area contributed by atoms with Crippen molar-refractivity contribution in [1.82, 2.24) is 15.8 Å². The van der Waals surface area contributed by atoms with Crippen LogP contribution in [-0.4, -0.2) is 43.3 Å². The number of rotatable bonds is 13. The molecule has 10 heteroatoms. The van der Waals surface area contributed by atoms with Crippen molar-refractivity contribution in [1.29, 1.82) is 0 Å². The molecular weight excluding hydrogens is 410 g/mol. The van der Waals surface area contributed by atoms with Crippen LogP contribution >= 0.6 is 0 Å². The maximum Gasteiger partial charge on any atom is 0.248 e. The van der Waals surface area contributed by atoms with Crippen molar-refractivity contribution in [2.75, 3.05) is 25.6 Å². The lowest BCUT2D eigenvalue weighted by Gasteiger charge is -2.17. The van der Waals surface area contributed by atoms with Gasteiger partial charge in [-0.15, -0.1) is 0 Å². The van der Waals surface area contributed by atoms with Gasteiger partial charge in [0.2, 0.25) is 11.8 Å². The number of carbonyl (C=O) groups excluding carboxylic acids is 2. The summed E-state index contributed by atoms with van der Waals surface area (Å²) < 4.78 is 36.8. The number of hydrogen-bond acceptors (Lipinski definition) is 6. The zero-order valence-corrected chi connectivity index (χ0v) is 17.7. The van der Waals surface area contributed by atoms with Gasteiger partial charge in [0.05, 0.1) is 13.0 Å². The maximum atomic E-state index is 13.3. The molecule has 31 heavy (non-hydrogen) atoms. The largest absolute Gasteiger partial charge is 0.385 e. The van der Waals surface area contributed by atoms with Crippen molar-refractivity contribution in [3.8, 4) is 0 Å². The highest BCUT2D eigenvalue weighted by molar-refractivity contribution is 5.96. The average molecular weight is 438 g/mol. The van der Waals surface area contributed by atoms with E-state index in [-0.39, 0.29) is 17.8 Å². The van der Waals surface area contributed by atoms with E-state index in [1.165, 1.54) is 0 Å². The number of nitrogens with one attached hydrogen (secondary N) is 3. The Labute approximate surface area is 179 Å². The Bertz CT molecular complexity index is 839. The molecule has 2 rings (SSSR count). The van der Waals surface area contributed by atoms with Gasteiger partial charge in [-0.25, -0.2) is 8.78 Å². The summed E-state index contributed by atoms with van der Waals surface area (Å²) in [6.07, 6.45) is 1.64. The number of hydrogen-bond donors (Lipinski definition) is 3. The highest BCUT2D eigenvalue weighted by atomic mass is 19.1. The molecule has 1 unspecified atom stereocenters. The SMILES string of the molecule is CCCC(NC(=O)Cc1cc(F)cc(F)c1)C(=O)Nc1cc(CNCCCOC)on1. The van der Waals surface area contributed by atoms with Crippen LogP contribution in [0.25, 0.3) is 0 Å². The summed E-state index contributed by atoms with van der Waals surface area (Å²) in [4.78, 5) is 24.9. The molecule has 1 atom stereocenters. The van der Waals surface area contributed by atoms with Gasteiger partial charge in [-0.2, -0.15) is 0 Å². The van der Waals surface area contributed by atoms with Crippen LogP contribution in [0.3, 0.4) is 0 Å². The number of methoxy groups -OCH3 is 1. The highest BCUT2D eigenvalue weighted by Crippen LogP contribution is 2.11. The minimum atomic E-state index is -0.816. The van der Waals surface area contributed by atoms with Crippen LogP contribution < -0.4 is 16.0 Å². The van der Waals surface area contributed by atoms with Gasteiger partial charge in [-0.1, -0.05) is 18.5 Å². The molecule has 3 N–H and O–H groups in total. The maximum absolute atomic E-state index is 13.3. The summed E-state index contributed by atoms with van der Waals surface area (Å²) in [6.45, 7) is 3.73. The number of anilines is 1. The number of aromatic nitrogens is 1. The summed E-state index contributed by atoms with van der Waals surface area (Å²) in [5.74, 6) is -1.70. The minimum absolute atomic E-state index is 0.185. The average Bonchev–Trinajstić information content (AvgIpc) is 3.13. The quantitative estimate of drug-likeness (QED) is 0.415. The molecule has 0 aliphatic carbocycles. The lowest BCUT2D eigenvalue weighted by molar-refractivity contribution is -0.126. The van der Waals surface area contributed by atoms with Crippen LogP contribution in [0, 0.1) is 11.6 Å². The topological polar surface area (TPSA) is 105 Å². The van der Waals surface area contributed by atoms with Crippen molar-refractivity contribution in [3.63, 3.8) is 0 Å². The van der Waals surface area contributed by atoms with Gasteiger partial charge in [0.15, 0.2) is 11.6 Å². The number of carbonyl (C=O) groups is 2. The van der Waals surface area contributed by atoms with E-state index in [1.807, 2.05) is 6.92 Å². The van der Waals surface area contributed by atoms with E-state index in [0.717, 1.165) is 31.2 Å². The normalized spacial score (nSPS) is 11.9. The predicted octanol–water partition coefficient (Wildman–Crippen LogP) is 2.55. The third kappa shape index (κ3) is 8.81. The van der Waals surface area contributed by atoms with E-state index in [1.54, 1.807) is 13.2 Å². The molecule has 1 heterocycles. The highest BCUT2D eigenvalue weighted by Gasteiger charge is 2.21. The Morgan fingerprint density at radius 2 is 1.94 bits per heavy atom. The molecule has 0 saturated carbocycles. The van der Waals surface area contributed by atoms with Crippen LogP contribution in [0.4, 0.5) is 14.6 Å². The molecule has 0 bridgehead atoms. The lowest BCUT2D eigenvalue weighted by atomic mass is 10.1. The van der Waals surface area contributed by atoms with Gasteiger partial charge < -0.3 is 25.2 Å². The van der Waals surface area contributed by atoms with Gasteiger partial charge >= 0.3 is 0 Å². The Hall–Kier alpha value is -2.85. The van der Waals surface area contributed by atoms with Gasteiger partial charge in [-0.05, 0) is 37.1 Å². The Balaban J connectivity index is 1.87. The Morgan fingerprint density at radius 1 is 1.19 bits per heavy atom. The van der Waals surface area contributed by atoms with Gasteiger partial charge in [-0.3, -0.25) is 9.59 Å². The van der Waals surface area contributed by atoms with Crippen molar-refractivity contribution in [2.45, 2.75) is 45.2 Å². The predicted molar refractivity (Wildman–Crippen MR) is 110 cm³/mol. The fourth-order valence-electron chi connectivity index (χ4n) is 2.92. The zero-order chi connectivity index (χ0) is 22.6. The molecule has 0 aliphatic rings. The molecule has 2 aromatic rings. The summed E-state index contributed by atoms with van der Waals surface area (Å²) in [7, 11) is 1.64. The Kier molecular flexibility index (Phi) is 10.0. The molecule has 1 aromatic heterocycles. The second kappa shape index (κ2) is 12.8. The third-order valence-electron chi connectivity index (χ3n) is 4.33. The molecule has 1 aromatic carbocycles. The second-order valence-corrected chi connectivity index (χ2v) is 7.05. The monoisotopic (exact) mass is 438 g/mol. The van der Waals surface area contributed by atoms with Crippen LogP contribution in [-0.2, 0) is 27.3 Å². The van der Waals surface area contributed by atoms with E-state index >= 15 is 0 Å². The minimum Gasteiger partial charge on any atom is -0.385 e. The molecule has 0 spiro atoms. The summed E-state index contributed by atoms with van der Waals surface area (Å²) >= 11 is 0. The first-order valence-electron chi connectivity index (χ1n) is 10.1. The number of amides is 2. The first kappa shape index (κ1) is 24.4. The van der Waals surface area contributed by atoms with E-state index in [4.69, 9.17) is 9.26 Å². The summed E-state index contributed by atoms with van der Waals surface area (Å²) in [5.41, 5.74) is 0.185. The summed E-state index contributed by atoms with van der Waals surface area (Å²) in [6, 6.07) is 3.68. The number of ether oxygens (including phenoxy) is 1. The van der Waals surface area contributed by atoms with E-state index in [9.17, 15) is 18.4 Å². The molecule has 8 nitrogen and oxygen atoms in total. The summed E-state index contributed by atoms with van der Waals surface area (Å²) in [5, 5.41) is 12.2. The molecule has 2 amide bonds. The van der Waals surface area contributed by atoms with Crippen LogP contribution in [0.2, 0.25) is 0 Å². The molecule has 0 fully saturated rings. The third-order valence-corrected chi connectivity index (χ3v) is 4.33. The van der Waals surface area contributed by atoms with Crippen molar-refractivity contribution in [3.05, 3.63) is 47.2 Å². The first-order valence-corrected chi connectivity index (χ1v) is 10.1. The first-order chi connectivity index (χ1) is 14.9. The smallest absolute Gasteiger partial charge is 0.248 e. The van der Waals surface area contributed by atoms with Crippen LogP contribution in [0.5, 0.6) is 0 Å². The number of benzene rings is 1. The zero-order valence-electron chi connectivity index (χ0n) is 17.7. The van der Waals surface area contributed by atoms with Crippen LogP contribution in [0.15, 0.2) is 28.8 Å². The number of halogens is 2. The molecule has 0 saturated heterocycles. The standard InChI is InChI=1S/C21H28F2N4O4/c1-3-5-18(25-20(28)10-14-8-15(22)11-16(23)9-14)21(29)26-19-12-17(31-27-19)13-24-6-4-7-30-2/h8-9,11-12,18,24H,3-7,10,13H2,1-2H3,(H,25,28)(H,26,27,29). The van der Waals surface area contributed by atoms with Gasteiger partial charge in [0.1, 0.15) is 17.7 Å².